The molecule has 1 aliphatic heterocycles. The second-order valence-corrected chi connectivity index (χ2v) is 6.84. The van der Waals surface area contributed by atoms with Gasteiger partial charge in [0.15, 0.2) is 5.05 Å². The first kappa shape index (κ1) is 14.7. The highest BCUT2D eigenvalue weighted by Crippen LogP contribution is 2.32. The zero-order valence-electron chi connectivity index (χ0n) is 10.3. The largest absolute Gasteiger partial charge is 0.480 e. The van der Waals surface area contributed by atoms with E-state index in [1.54, 1.807) is 0 Å². The highest BCUT2D eigenvalue weighted by Gasteiger charge is 2.23. The van der Waals surface area contributed by atoms with Crippen LogP contribution in [0, 0.1) is 0 Å². The van der Waals surface area contributed by atoms with Gasteiger partial charge in [-0.3, -0.25) is 4.79 Å². The zero-order chi connectivity index (χ0) is 13.5. The van der Waals surface area contributed by atoms with Gasteiger partial charge in [-0.05, 0) is 17.8 Å². The van der Waals surface area contributed by atoms with E-state index < -0.39 is 0 Å². The highest BCUT2D eigenvalue weighted by atomic mass is 32.2. The number of rotatable bonds is 6. The summed E-state index contributed by atoms with van der Waals surface area (Å²) in [4.78, 5) is 11.5. The number of thioether (sulfide) groups is 2. The Hall–Kier alpha value is -0.720. The van der Waals surface area contributed by atoms with Crippen LogP contribution in [0.3, 0.4) is 0 Å². The summed E-state index contributed by atoms with van der Waals surface area (Å²) < 4.78 is 5.42. The third-order valence-corrected chi connectivity index (χ3v) is 4.84. The highest BCUT2D eigenvalue weighted by molar-refractivity contribution is 8.15. The molecule has 102 valence electrons. The molecule has 1 aromatic carbocycles. The predicted molar refractivity (Wildman–Crippen MR) is 85.9 cm³/mol. The fourth-order valence-corrected chi connectivity index (χ4v) is 3.07. The fourth-order valence-electron chi connectivity index (χ4n) is 1.32. The normalized spacial score (nSPS) is 16.7. The van der Waals surface area contributed by atoms with Crippen molar-refractivity contribution in [3.8, 4) is 0 Å². The molecule has 0 bridgehead atoms. The molecule has 1 N–H and O–H groups in total. The van der Waals surface area contributed by atoms with E-state index in [-0.39, 0.29) is 5.24 Å². The molecule has 6 heteroatoms. The second-order valence-electron chi connectivity index (χ2n) is 4.05. The van der Waals surface area contributed by atoms with E-state index in [1.807, 2.05) is 42.1 Å². The topological polar surface area (TPSA) is 38.3 Å². The maximum Gasteiger partial charge on any atom is 0.279 e. The van der Waals surface area contributed by atoms with Crippen LogP contribution >= 0.6 is 35.7 Å². The van der Waals surface area contributed by atoms with Crippen LogP contribution in [0.15, 0.2) is 30.3 Å². The third-order valence-electron chi connectivity index (χ3n) is 2.42. The van der Waals surface area contributed by atoms with Crippen LogP contribution in [0.2, 0.25) is 0 Å². The molecular weight excluding hydrogens is 298 g/mol. The van der Waals surface area contributed by atoms with Gasteiger partial charge in [-0.2, -0.15) is 11.8 Å². The van der Waals surface area contributed by atoms with E-state index in [1.165, 1.54) is 17.5 Å². The molecule has 1 aromatic rings. The van der Waals surface area contributed by atoms with Crippen LogP contribution < -0.4 is 5.32 Å². The second kappa shape index (κ2) is 7.77. The van der Waals surface area contributed by atoms with Crippen molar-refractivity contribution in [2.45, 2.75) is 11.9 Å². The summed E-state index contributed by atoms with van der Waals surface area (Å²) in [6, 6.07) is 9.82. The Morgan fingerprint density at radius 1 is 1.47 bits per heavy atom. The van der Waals surface area contributed by atoms with Crippen molar-refractivity contribution in [3.05, 3.63) is 35.9 Å². The molecule has 0 radical (unpaired) electrons. The lowest BCUT2D eigenvalue weighted by Crippen LogP contribution is -2.27. The summed E-state index contributed by atoms with van der Waals surface area (Å²) in [6.07, 6.45) is 0. The lowest BCUT2D eigenvalue weighted by molar-refractivity contribution is 0.259. The molecule has 0 aliphatic carbocycles. The zero-order valence-corrected chi connectivity index (χ0v) is 12.8. The van der Waals surface area contributed by atoms with Crippen molar-refractivity contribution in [2.24, 2.45) is 0 Å². The minimum Gasteiger partial charge on any atom is -0.480 e. The first-order valence-corrected chi connectivity index (χ1v) is 8.40. The van der Waals surface area contributed by atoms with Gasteiger partial charge < -0.3 is 10.1 Å². The van der Waals surface area contributed by atoms with E-state index in [4.69, 9.17) is 17.0 Å². The number of thiocarbonyl (C=S) groups is 1. The van der Waals surface area contributed by atoms with Gasteiger partial charge >= 0.3 is 0 Å². The SMILES string of the molecule is O=C(NCC(=S)OCc1ccccc1)SCC1CS1. The van der Waals surface area contributed by atoms with E-state index >= 15 is 0 Å². The number of hydrogen-bond acceptors (Lipinski definition) is 5. The summed E-state index contributed by atoms with van der Waals surface area (Å²) in [5.74, 6) is 2.06. The number of nitrogens with one attached hydrogen (secondary N) is 1. The Labute approximate surface area is 126 Å². The standard InChI is InChI=1S/C13H15NO2S3/c15-13(19-9-11-8-18-11)14-6-12(17)16-7-10-4-2-1-3-5-10/h1-5,11H,6-9H2,(H,14,15). The number of hydrogen-bond donors (Lipinski definition) is 1. The number of carbonyl (C=O) groups is 1. The van der Waals surface area contributed by atoms with Gasteiger partial charge in [-0.15, -0.1) is 0 Å². The van der Waals surface area contributed by atoms with Crippen molar-refractivity contribution in [1.29, 1.82) is 0 Å². The number of benzene rings is 1. The van der Waals surface area contributed by atoms with Crippen LogP contribution in [0.5, 0.6) is 0 Å². The number of carbonyl (C=O) groups excluding carboxylic acids is 1. The Morgan fingerprint density at radius 3 is 2.89 bits per heavy atom. The van der Waals surface area contributed by atoms with Crippen LogP contribution in [0.25, 0.3) is 0 Å². The van der Waals surface area contributed by atoms with Gasteiger partial charge in [-0.1, -0.05) is 42.1 Å². The minimum atomic E-state index is -0.0295. The molecule has 0 spiro atoms. The molecule has 1 fully saturated rings. The predicted octanol–water partition coefficient (Wildman–Crippen LogP) is 3.09. The van der Waals surface area contributed by atoms with Crippen molar-refractivity contribution in [1.82, 2.24) is 5.32 Å². The Bertz CT molecular complexity index is 435. The molecule has 2 rings (SSSR count). The summed E-state index contributed by atoms with van der Waals surface area (Å²) in [7, 11) is 0. The Balaban J connectivity index is 1.57. The van der Waals surface area contributed by atoms with Gasteiger partial charge in [0.2, 0.25) is 0 Å². The molecule has 1 atom stereocenters. The molecule has 1 heterocycles. The van der Waals surface area contributed by atoms with E-state index in [2.05, 4.69) is 5.32 Å². The van der Waals surface area contributed by atoms with E-state index in [9.17, 15) is 4.79 Å². The van der Waals surface area contributed by atoms with Crippen molar-refractivity contribution in [3.63, 3.8) is 0 Å². The van der Waals surface area contributed by atoms with Crippen molar-refractivity contribution >= 4 is 46.0 Å². The van der Waals surface area contributed by atoms with E-state index in [0.717, 1.165) is 11.3 Å². The molecule has 1 saturated heterocycles. The quantitative estimate of drug-likeness (QED) is 0.645. The third kappa shape index (κ3) is 6.31. The van der Waals surface area contributed by atoms with Crippen LogP contribution in [0.1, 0.15) is 5.56 Å². The monoisotopic (exact) mass is 313 g/mol. The maximum atomic E-state index is 11.5. The average molecular weight is 313 g/mol. The Kier molecular flexibility index (Phi) is 6.00. The number of ether oxygens (including phenoxy) is 1. The van der Waals surface area contributed by atoms with Gasteiger partial charge in [0.05, 0.1) is 6.54 Å². The molecule has 1 aliphatic rings. The van der Waals surface area contributed by atoms with Crippen molar-refractivity contribution in [2.75, 3.05) is 18.1 Å². The smallest absolute Gasteiger partial charge is 0.279 e. The molecule has 0 saturated carbocycles. The summed E-state index contributed by atoms with van der Waals surface area (Å²) in [6.45, 7) is 0.743. The van der Waals surface area contributed by atoms with Gasteiger partial charge in [0.1, 0.15) is 6.61 Å². The first-order chi connectivity index (χ1) is 9.24. The number of amides is 1. The lowest BCUT2D eigenvalue weighted by Gasteiger charge is -2.08. The van der Waals surface area contributed by atoms with Crippen LogP contribution in [-0.4, -0.2) is 33.6 Å². The lowest BCUT2D eigenvalue weighted by atomic mass is 10.2. The summed E-state index contributed by atoms with van der Waals surface area (Å²) in [5.41, 5.74) is 1.07. The van der Waals surface area contributed by atoms with Crippen molar-refractivity contribution < 1.29 is 9.53 Å². The molecular formula is C13H15NO2S3. The molecule has 1 unspecified atom stereocenters. The van der Waals surface area contributed by atoms with E-state index in [0.29, 0.717) is 23.5 Å². The molecule has 19 heavy (non-hydrogen) atoms. The summed E-state index contributed by atoms with van der Waals surface area (Å²) in [5, 5.41) is 3.80. The van der Waals surface area contributed by atoms with Gasteiger partial charge in [0, 0.05) is 16.8 Å². The fraction of sp³-hybridized carbons (Fsp3) is 0.385. The molecule has 3 nitrogen and oxygen atoms in total. The molecule has 0 aromatic heterocycles. The minimum absolute atomic E-state index is 0.0295. The van der Waals surface area contributed by atoms with Gasteiger partial charge in [0.25, 0.3) is 5.24 Å². The Morgan fingerprint density at radius 2 is 2.21 bits per heavy atom. The van der Waals surface area contributed by atoms with Gasteiger partial charge in [-0.25, -0.2) is 0 Å². The van der Waals surface area contributed by atoms with Crippen LogP contribution in [-0.2, 0) is 11.3 Å². The molecule has 1 amide bonds. The average Bonchev–Trinajstić information content (AvgIpc) is 3.26. The maximum absolute atomic E-state index is 11.5. The summed E-state index contributed by atoms with van der Waals surface area (Å²) >= 11 is 8.28. The van der Waals surface area contributed by atoms with Crippen LogP contribution in [0.4, 0.5) is 4.79 Å². The first-order valence-electron chi connectivity index (χ1n) is 5.96.